The molecule has 1 heterocycles. The molecule has 4 nitrogen and oxygen atoms in total. The minimum Gasteiger partial charge on any atom is -0.359 e. The van der Waals surface area contributed by atoms with E-state index in [1.54, 1.807) is 0 Å². The fourth-order valence-electron chi connectivity index (χ4n) is 4.64. The molecule has 0 aromatic heterocycles. The Morgan fingerprint density at radius 1 is 1.29 bits per heavy atom. The maximum absolute atomic E-state index is 12.0. The molecule has 1 aliphatic heterocycles. The minimum atomic E-state index is 0.220. The quantitative estimate of drug-likeness (QED) is 0.823. The Kier molecular flexibility index (Phi) is 4.21. The first-order chi connectivity index (χ1) is 11.6. The standard InChI is InChI=1S/C19H25N3OS/c1-12-4-7-15(11-17(12)22-8-2-3-18(22)23)20-19(24)21-16-10-13-5-6-14(16)9-13/h4,7,11,13-14,16H,2-3,5-6,8-10H2,1H3,(H2,20,21,24)/t13-,14-,16-/m1/s1. The third-order valence-corrected chi connectivity index (χ3v) is 6.11. The van der Waals surface area contributed by atoms with Crippen LogP contribution in [0.15, 0.2) is 18.2 Å². The topological polar surface area (TPSA) is 44.4 Å². The van der Waals surface area contributed by atoms with Crippen LogP contribution in [0.3, 0.4) is 0 Å². The Bertz CT molecular complexity index is 675. The van der Waals surface area contributed by atoms with Gasteiger partial charge in [0.05, 0.1) is 0 Å². The van der Waals surface area contributed by atoms with Crippen LogP contribution < -0.4 is 15.5 Å². The van der Waals surface area contributed by atoms with Crippen LogP contribution in [0.1, 0.15) is 44.1 Å². The van der Waals surface area contributed by atoms with E-state index in [0.717, 1.165) is 41.7 Å². The van der Waals surface area contributed by atoms with Gasteiger partial charge in [-0.25, -0.2) is 0 Å². The van der Waals surface area contributed by atoms with Crippen molar-refractivity contribution in [3.63, 3.8) is 0 Å². The summed E-state index contributed by atoms with van der Waals surface area (Å²) in [6, 6.07) is 6.68. The number of benzene rings is 1. The molecule has 3 atom stereocenters. The number of thiocarbonyl (C=S) groups is 1. The van der Waals surface area contributed by atoms with Crippen LogP contribution in [0.25, 0.3) is 0 Å². The highest BCUT2D eigenvalue weighted by atomic mass is 32.1. The van der Waals surface area contributed by atoms with Gasteiger partial charge >= 0.3 is 0 Å². The monoisotopic (exact) mass is 343 g/mol. The van der Waals surface area contributed by atoms with Gasteiger partial charge in [-0.05, 0) is 74.4 Å². The Balaban J connectivity index is 1.42. The minimum absolute atomic E-state index is 0.220. The van der Waals surface area contributed by atoms with Crippen molar-refractivity contribution < 1.29 is 4.79 Å². The highest BCUT2D eigenvalue weighted by Gasteiger charge is 2.39. The van der Waals surface area contributed by atoms with Gasteiger partial charge in [0.15, 0.2) is 5.11 Å². The highest BCUT2D eigenvalue weighted by molar-refractivity contribution is 7.80. The summed E-state index contributed by atoms with van der Waals surface area (Å²) in [5, 5.41) is 7.53. The van der Waals surface area contributed by atoms with Gasteiger partial charge in [0, 0.05) is 30.4 Å². The molecule has 1 saturated heterocycles. The summed E-state index contributed by atoms with van der Waals surface area (Å²) in [6.45, 7) is 2.87. The van der Waals surface area contributed by atoms with Gasteiger partial charge in [0.25, 0.3) is 0 Å². The van der Waals surface area contributed by atoms with Crippen molar-refractivity contribution in [1.82, 2.24) is 5.32 Å². The first-order valence-electron chi connectivity index (χ1n) is 9.08. The highest BCUT2D eigenvalue weighted by Crippen LogP contribution is 2.44. The zero-order valence-corrected chi connectivity index (χ0v) is 15.0. The number of fused-ring (bicyclic) bond motifs is 2. The van der Waals surface area contributed by atoms with Crippen LogP contribution in [0.5, 0.6) is 0 Å². The van der Waals surface area contributed by atoms with Crippen molar-refractivity contribution in [1.29, 1.82) is 0 Å². The zero-order valence-electron chi connectivity index (χ0n) is 14.2. The van der Waals surface area contributed by atoms with E-state index in [1.165, 1.54) is 25.7 Å². The lowest BCUT2D eigenvalue weighted by Gasteiger charge is -2.25. The van der Waals surface area contributed by atoms with Gasteiger partial charge in [-0.3, -0.25) is 4.79 Å². The van der Waals surface area contributed by atoms with E-state index in [2.05, 4.69) is 23.6 Å². The van der Waals surface area contributed by atoms with Crippen LogP contribution in [-0.2, 0) is 4.79 Å². The number of aryl methyl sites for hydroxylation is 1. The molecule has 1 aromatic rings. The molecule has 0 unspecified atom stereocenters. The second kappa shape index (κ2) is 6.36. The molecule has 4 rings (SSSR count). The van der Waals surface area contributed by atoms with Crippen molar-refractivity contribution in [2.45, 2.75) is 51.5 Å². The molecule has 3 aliphatic rings. The van der Waals surface area contributed by atoms with Gasteiger partial charge in [-0.2, -0.15) is 0 Å². The average molecular weight is 343 g/mol. The maximum atomic E-state index is 12.0. The van der Waals surface area contributed by atoms with Crippen molar-refractivity contribution in [3.8, 4) is 0 Å². The molecule has 1 amide bonds. The summed E-state index contributed by atoms with van der Waals surface area (Å²) in [6.07, 6.45) is 6.96. The molecule has 24 heavy (non-hydrogen) atoms. The Morgan fingerprint density at radius 2 is 2.17 bits per heavy atom. The van der Waals surface area contributed by atoms with E-state index in [9.17, 15) is 4.79 Å². The molecular weight excluding hydrogens is 318 g/mol. The Labute approximate surface area is 149 Å². The second-order valence-corrected chi connectivity index (χ2v) is 7.94. The van der Waals surface area contributed by atoms with Crippen LogP contribution in [-0.4, -0.2) is 23.6 Å². The lowest BCUT2D eigenvalue weighted by atomic mass is 9.96. The fraction of sp³-hybridized carbons (Fsp3) is 0.579. The number of carbonyl (C=O) groups is 1. The van der Waals surface area contributed by atoms with Crippen molar-refractivity contribution >= 4 is 34.6 Å². The maximum Gasteiger partial charge on any atom is 0.227 e. The molecule has 2 N–H and O–H groups in total. The molecule has 0 radical (unpaired) electrons. The van der Waals surface area contributed by atoms with Crippen LogP contribution in [0, 0.1) is 18.8 Å². The summed E-state index contributed by atoms with van der Waals surface area (Å²) in [4.78, 5) is 13.9. The smallest absolute Gasteiger partial charge is 0.227 e. The summed E-state index contributed by atoms with van der Waals surface area (Å²) in [7, 11) is 0. The molecule has 128 valence electrons. The van der Waals surface area contributed by atoms with Crippen LogP contribution in [0.4, 0.5) is 11.4 Å². The van der Waals surface area contributed by atoms with E-state index >= 15 is 0 Å². The zero-order chi connectivity index (χ0) is 16.7. The molecule has 3 fully saturated rings. The molecule has 0 spiro atoms. The lowest BCUT2D eigenvalue weighted by Crippen LogP contribution is -2.40. The number of hydrogen-bond donors (Lipinski definition) is 2. The van der Waals surface area contributed by atoms with Crippen molar-refractivity contribution in [2.75, 3.05) is 16.8 Å². The number of amides is 1. The lowest BCUT2D eigenvalue weighted by molar-refractivity contribution is -0.117. The third kappa shape index (κ3) is 3.02. The van der Waals surface area contributed by atoms with Gasteiger partial charge in [0.2, 0.25) is 5.91 Å². The molecular formula is C19H25N3OS. The fourth-order valence-corrected chi connectivity index (χ4v) is 4.91. The average Bonchev–Trinajstić information content (AvgIpc) is 3.26. The number of nitrogens with zero attached hydrogens (tertiary/aromatic N) is 1. The Hall–Kier alpha value is -1.62. The third-order valence-electron chi connectivity index (χ3n) is 5.89. The molecule has 2 saturated carbocycles. The second-order valence-electron chi connectivity index (χ2n) is 7.53. The first-order valence-corrected chi connectivity index (χ1v) is 9.49. The van der Waals surface area contributed by atoms with Gasteiger partial charge in [-0.15, -0.1) is 0 Å². The largest absolute Gasteiger partial charge is 0.359 e. The summed E-state index contributed by atoms with van der Waals surface area (Å²) >= 11 is 5.52. The van der Waals surface area contributed by atoms with E-state index in [-0.39, 0.29) is 5.91 Å². The molecule has 2 aliphatic carbocycles. The first kappa shape index (κ1) is 15.9. The van der Waals surface area contributed by atoms with E-state index in [1.807, 2.05) is 17.0 Å². The predicted octanol–water partition coefficient (Wildman–Crippen LogP) is 3.60. The van der Waals surface area contributed by atoms with Crippen LogP contribution in [0.2, 0.25) is 0 Å². The Morgan fingerprint density at radius 3 is 2.83 bits per heavy atom. The molecule has 2 bridgehead atoms. The summed E-state index contributed by atoms with van der Waals surface area (Å²) in [5.74, 6) is 1.92. The normalized spacial score (nSPS) is 28.5. The predicted molar refractivity (Wildman–Crippen MR) is 101 cm³/mol. The van der Waals surface area contributed by atoms with E-state index in [0.29, 0.717) is 17.6 Å². The van der Waals surface area contributed by atoms with Crippen molar-refractivity contribution in [2.24, 2.45) is 11.8 Å². The van der Waals surface area contributed by atoms with Crippen LogP contribution >= 0.6 is 12.2 Å². The summed E-state index contributed by atoms with van der Waals surface area (Å²) < 4.78 is 0. The number of nitrogens with one attached hydrogen (secondary N) is 2. The number of rotatable bonds is 3. The van der Waals surface area contributed by atoms with Gasteiger partial charge < -0.3 is 15.5 Å². The SMILES string of the molecule is Cc1ccc(NC(=S)N[C@@H]2C[C@@H]3CC[C@@H]2C3)cc1N1CCCC1=O. The molecule has 1 aromatic carbocycles. The number of anilines is 2. The van der Waals surface area contributed by atoms with Crippen molar-refractivity contribution in [3.05, 3.63) is 23.8 Å². The summed E-state index contributed by atoms with van der Waals surface area (Å²) in [5.41, 5.74) is 3.09. The molecule has 5 heteroatoms. The van der Waals surface area contributed by atoms with E-state index in [4.69, 9.17) is 12.2 Å². The van der Waals surface area contributed by atoms with E-state index < -0.39 is 0 Å². The van der Waals surface area contributed by atoms with Gasteiger partial charge in [-0.1, -0.05) is 12.5 Å². The number of hydrogen-bond acceptors (Lipinski definition) is 2. The van der Waals surface area contributed by atoms with Gasteiger partial charge in [0.1, 0.15) is 0 Å². The number of carbonyl (C=O) groups excluding carboxylic acids is 1.